The summed E-state index contributed by atoms with van der Waals surface area (Å²) in [6, 6.07) is -1.14. The molecular weight excluding hydrogens is 1040 g/mol. The Morgan fingerprint density at radius 2 is 0.987 bits per heavy atom. The highest BCUT2D eigenvalue weighted by atomic mass is 16.4. The van der Waals surface area contributed by atoms with E-state index in [2.05, 4.69) is 47.9 Å². The number of aliphatic hydroxyl groups excluding tert-OH is 3. The molecule has 0 aliphatic rings. The zero-order valence-electron chi connectivity index (χ0n) is 44.1. The van der Waals surface area contributed by atoms with Crippen molar-refractivity contribution in [3.05, 3.63) is 65.7 Å². The van der Waals surface area contributed by atoms with Crippen LogP contribution in [0.1, 0.15) is 70.9 Å². The minimum Gasteiger partial charge on any atom is -0.508 e. The first kappa shape index (κ1) is 66.8. The van der Waals surface area contributed by atoms with Crippen LogP contribution in [0.25, 0.3) is 0 Å². The third kappa shape index (κ3) is 23.9. The number of carbonyl (C=O) groups excluding carboxylic acids is 10. The first-order valence-corrected chi connectivity index (χ1v) is 25.1. The van der Waals surface area contributed by atoms with Crippen molar-refractivity contribution in [1.82, 2.24) is 47.9 Å². The summed E-state index contributed by atoms with van der Waals surface area (Å²) in [5, 5.41) is 79.3. The van der Waals surface area contributed by atoms with Gasteiger partial charge in [0.15, 0.2) is 0 Å². The van der Waals surface area contributed by atoms with Crippen molar-refractivity contribution in [2.24, 2.45) is 23.3 Å². The summed E-state index contributed by atoms with van der Waals surface area (Å²) >= 11 is 0. The van der Waals surface area contributed by atoms with E-state index in [1.807, 2.05) is 0 Å². The Morgan fingerprint density at radius 3 is 1.49 bits per heavy atom. The molecule has 0 spiro atoms. The predicted molar refractivity (Wildman–Crippen MR) is 277 cm³/mol. The van der Waals surface area contributed by atoms with E-state index in [4.69, 9.17) is 11.5 Å². The van der Waals surface area contributed by atoms with Crippen LogP contribution in [0.15, 0.2) is 54.6 Å². The molecule has 10 atom stereocenters. The second-order valence-electron chi connectivity index (χ2n) is 18.9. The van der Waals surface area contributed by atoms with Gasteiger partial charge < -0.3 is 90.0 Å². The molecule has 2 aromatic carbocycles. The molecule has 0 unspecified atom stereocenters. The quantitative estimate of drug-likeness (QED) is 0.0306. The van der Waals surface area contributed by atoms with Crippen molar-refractivity contribution in [2.75, 3.05) is 26.4 Å². The number of hydrogen-bond acceptors (Lipinski definition) is 17. The Hall–Kier alpha value is -8.28. The molecule has 29 nitrogen and oxygen atoms in total. The van der Waals surface area contributed by atoms with E-state index in [0.29, 0.717) is 12.0 Å². The van der Waals surface area contributed by atoms with Crippen LogP contribution in [-0.4, -0.2) is 182 Å². The van der Waals surface area contributed by atoms with Crippen molar-refractivity contribution in [3.63, 3.8) is 0 Å². The van der Waals surface area contributed by atoms with Gasteiger partial charge in [0.05, 0.1) is 32.8 Å². The molecule has 0 saturated heterocycles. The summed E-state index contributed by atoms with van der Waals surface area (Å²) < 4.78 is 0. The number of nitrogens with two attached hydrogens (primary N) is 2. The minimum atomic E-state index is -1.94. The SMILES string of the molecule is CC[C@H](C)[C@H](NC(=O)[C@H](CO)NC(=O)CNC(=O)[C@H](CC(C)C)NC(=O)[C@H](CCC(=O)O)NC(=O)[C@H](Cc1ccc(O)cc1)NC(=O)[C@H](CO)NC(=O)[C@H](CC(N)=O)NC(=O)[C@H](Cc1ccccc1)NC(=O)[C@@H](N)CO)C(=O)O. The zero-order chi connectivity index (χ0) is 59.5. The van der Waals surface area contributed by atoms with E-state index in [1.165, 1.54) is 24.3 Å². The Labute approximate surface area is 454 Å². The molecule has 19 N–H and O–H groups in total. The number of aliphatic carboxylic acids is 2. The molecule has 0 aliphatic heterocycles. The standard InChI is InChI=1S/C50H73N11O18/c1-5-26(4)41(50(78)79)61-49(77)36(23-63)54-39(67)21-53-43(71)32(17-25(2)3)57-44(72)31(15-16-40(68)69)55-45(73)34(19-28-11-13-29(65)14-12-28)58-48(76)37(24-64)60-47(75)35(20-38(52)66)59-46(74)33(56-42(70)30(51)22-62)18-27-9-7-6-8-10-27/h6-14,25-26,30-37,41,62-65H,5,15-24,51H2,1-4H3,(H2,52,66)(H,53,71)(H,54,67)(H,55,73)(H,56,70)(H,57,72)(H,58,76)(H,59,74)(H,60,75)(H,61,77)(H,68,69)(H,78,79)/t26-,30-,31-,32-,33-,34-,35-,36-,37-,41-/m0/s1. The number of carboxylic acid groups (broad SMARTS) is 2. The second kappa shape index (κ2) is 33.8. The number of primary amides is 1. The summed E-state index contributed by atoms with van der Waals surface area (Å²) in [6.45, 7) is 2.90. The lowest BCUT2D eigenvalue weighted by Crippen LogP contribution is -2.61. The smallest absolute Gasteiger partial charge is 0.326 e. The van der Waals surface area contributed by atoms with Crippen LogP contribution < -0.4 is 59.3 Å². The Morgan fingerprint density at radius 1 is 0.532 bits per heavy atom. The molecule has 79 heavy (non-hydrogen) atoms. The van der Waals surface area contributed by atoms with Gasteiger partial charge in [-0.15, -0.1) is 0 Å². The highest BCUT2D eigenvalue weighted by Crippen LogP contribution is 2.14. The van der Waals surface area contributed by atoms with Gasteiger partial charge in [-0.25, -0.2) is 4.79 Å². The first-order chi connectivity index (χ1) is 37.2. The largest absolute Gasteiger partial charge is 0.508 e. The maximum atomic E-state index is 14.2. The van der Waals surface area contributed by atoms with E-state index in [-0.39, 0.29) is 30.1 Å². The zero-order valence-corrected chi connectivity index (χ0v) is 44.1. The van der Waals surface area contributed by atoms with Crippen LogP contribution >= 0.6 is 0 Å². The van der Waals surface area contributed by atoms with Gasteiger partial charge in [0.1, 0.15) is 60.1 Å². The van der Waals surface area contributed by atoms with Gasteiger partial charge in [0.25, 0.3) is 0 Å². The summed E-state index contributed by atoms with van der Waals surface area (Å²) in [4.78, 5) is 157. The van der Waals surface area contributed by atoms with Crippen LogP contribution in [0, 0.1) is 11.8 Å². The number of phenols is 1. The fourth-order valence-corrected chi connectivity index (χ4v) is 7.37. The van der Waals surface area contributed by atoms with Crippen molar-refractivity contribution in [1.29, 1.82) is 0 Å². The van der Waals surface area contributed by atoms with Crippen LogP contribution in [0.5, 0.6) is 5.75 Å². The number of carboxylic acids is 2. The maximum absolute atomic E-state index is 14.2. The van der Waals surface area contributed by atoms with Crippen LogP contribution in [-0.2, 0) is 70.4 Å². The average molecular weight is 1120 g/mol. The number of aliphatic hydroxyl groups is 3. The molecule has 0 aliphatic carbocycles. The summed E-state index contributed by atoms with van der Waals surface area (Å²) in [5.41, 5.74) is 11.8. The summed E-state index contributed by atoms with van der Waals surface area (Å²) in [7, 11) is 0. The number of amides is 10. The lowest BCUT2D eigenvalue weighted by atomic mass is 9.99. The molecule has 436 valence electrons. The minimum absolute atomic E-state index is 0.0887. The third-order valence-corrected chi connectivity index (χ3v) is 12.0. The number of hydrogen-bond donors (Lipinski definition) is 17. The Kier molecular flexibility index (Phi) is 28.6. The van der Waals surface area contributed by atoms with Crippen LogP contribution in [0.3, 0.4) is 0 Å². The summed E-state index contributed by atoms with van der Waals surface area (Å²) in [5.74, 6) is -14.6. The van der Waals surface area contributed by atoms with E-state index in [0.717, 1.165) is 0 Å². The number of aromatic hydroxyl groups is 1. The molecule has 2 aromatic rings. The van der Waals surface area contributed by atoms with Gasteiger partial charge in [0.2, 0.25) is 59.1 Å². The van der Waals surface area contributed by atoms with Crippen LogP contribution in [0.4, 0.5) is 0 Å². The highest BCUT2D eigenvalue weighted by Gasteiger charge is 2.36. The van der Waals surface area contributed by atoms with E-state index in [1.54, 1.807) is 58.0 Å². The molecule has 0 heterocycles. The fourth-order valence-electron chi connectivity index (χ4n) is 7.37. The number of rotatable bonds is 35. The van der Waals surface area contributed by atoms with Gasteiger partial charge in [-0.05, 0) is 47.9 Å². The lowest BCUT2D eigenvalue weighted by molar-refractivity contribution is -0.144. The number of carbonyl (C=O) groups is 12. The van der Waals surface area contributed by atoms with E-state index in [9.17, 15) is 88.2 Å². The molecule has 0 aromatic heterocycles. The van der Waals surface area contributed by atoms with E-state index < -0.39 is 183 Å². The molecular formula is C50H73N11O18. The molecule has 29 heteroatoms. The third-order valence-electron chi connectivity index (χ3n) is 12.0. The van der Waals surface area contributed by atoms with Gasteiger partial charge in [-0.3, -0.25) is 52.7 Å². The molecule has 0 fully saturated rings. The molecule has 2 rings (SSSR count). The van der Waals surface area contributed by atoms with Gasteiger partial charge in [-0.2, -0.15) is 0 Å². The lowest BCUT2D eigenvalue weighted by Gasteiger charge is -2.27. The van der Waals surface area contributed by atoms with Crippen molar-refractivity contribution < 1.29 is 88.2 Å². The van der Waals surface area contributed by atoms with E-state index >= 15 is 0 Å². The Balaban J connectivity index is 2.38. The molecule has 0 bridgehead atoms. The van der Waals surface area contributed by atoms with Crippen molar-refractivity contribution >= 4 is 71.0 Å². The van der Waals surface area contributed by atoms with Crippen LogP contribution in [0.2, 0.25) is 0 Å². The molecule has 0 saturated carbocycles. The molecule has 10 amide bonds. The second-order valence-corrected chi connectivity index (χ2v) is 18.9. The number of benzene rings is 2. The molecule has 0 radical (unpaired) electrons. The average Bonchev–Trinajstić information content (AvgIpc) is 3.40. The van der Waals surface area contributed by atoms with Gasteiger partial charge in [0, 0.05) is 19.3 Å². The van der Waals surface area contributed by atoms with Gasteiger partial charge >= 0.3 is 11.9 Å². The number of phenolic OH excluding ortho intramolecular Hbond substituents is 1. The fraction of sp³-hybridized carbons (Fsp3) is 0.520. The number of nitrogens with one attached hydrogen (secondary N) is 9. The summed E-state index contributed by atoms with van der Waals surface area (Å²) in [6.07, 6.45) is -2.49. The predicted octanol–water partition coefficient (Wildman–Crippen LogP) is -5.61. The highest BCUT2D eigenvalue weighted by molar-refractivity contribution is 5.99. The first-order valence-electron chi connectivity index (χ1n) is 25.1. The maximum Gasteiger partial charge on any atom is 0.326 e. The van der Waals surface area contributed by atoms with Crippen molar-refractivity contribution in [3.8, 4) is 5.75 Å². The van der Waals surface area contributed by atoms with Crippen molar-refractivity contribution in [2.45, 2.75) is 127 Å². The van der Waals surface area contributed by atoms with Gasteiger partial charge in [-0.1, -0.05) is 76.6 Å². The normalized spacial score (nSPS) is 14.8. The topological polar surface area (TPSA) is 487 Å². The monoisotopic (exact) mass is 1120 g/mol. The Bertz CT molecular complexity index is 2430.